The monoisotopic (exact) mass is 521 g/mol. The van der Waals surface area contributed by atoms with Crippen molar-refractivity contribution in [2.75, 3.05) is 57.1 Å². The van der Waals surface area contributed by atoms with E-state index in [4.69, 9.17) is 14.7 Å². The fourth-order valence-corrected chi connectivity index (χ4v) is 5.95. The Hall–Kier alpha value is -2.42. The van der Waals surface area contributed by atoms with Gasteiger partial charge in [-0.15, -0.1) is 0 Å². The molecular weight excluding hydrogens is 474 g/mol. The molecule has 2 saturated heterocycles. The van der Waals surface area contributed by atoms with Crippen molar-refractivity contribution in [3.8, 4) is 5.75 Å². The van der Waals surface area contributed by atoms with Gasteiger partial charge in [-0.3, -0.25) is 5.32 Å². The number of fused-ring (bicyclic) bond motifs is 1. The van der Waals surface area contributed by atoms with Crippen molar-refractivity contribution < 1.29 is 4.74 Å². The van der Waals surface area contributed by atoms with Gasteiger partial charge >= 0.3 is 0 Å². The molecular formula is C30H47N7O. The highest BCUT2D eigenvalue weighted by Crippen LogP contribution is 2.31. The minimum atomic E-state index is 0.171. The molecule has 0 saturated carbocycles. The Bertz CT molecular complexity index is 1000. The molecule has 1 aliphatic carbocycles. The summed E-state index contributed by atoms with van der Waals surface area (Å²) in [7, 11) is 4.19. The fraction of sp³-hybridized carbons (Fsp3) is 0.667. The summed E-state index contributed by atoms with van der Waals surface area (Å²) in [4.78, 5) is 14.9. The summed E-state index contributed by atoms with van der Waals surface area (Å²) in [5, 5.41) is 11.2. The number of nitrogens with zero attached hydrogens (tertiary/aromatic N) is 4. The van der Waals surface area contributed by atoms with Gasteiger partial charge in [-0.25, -0.2) is 4.98 Å². The number of rotatable bonds is 11. The van der Waals surface area contributed by atoms with Crippen LogP contribution in [0.4, 0.5) is 11.8 Å². The first-order valence-corrected chi connectivity index (χ1v) is 14.9. The highest BCUT2D eigenvalue weighted by molar-refractivity contribution is 5.54. The van der Waals surface area contributed by atoms with Gasteiger partial charge in [-0.05, 0) is 89.7 Å². The first-order valence-electron chi connectivity index (χ1n) is 14.9. The van der Waals surface area contributed by atoms with Gasteiger partial charge in [0, 0.05) is 31.7 Å². The van der Waals surface area contributed by atoms with Crippen molar-refractivity contribution in [1.29, 1.82) is 0 Å². The number of hydrogen-bond donors (Lipinski definition) is 3. The molecule has 2 unspecified atom stereocenters. The maximum absolute atomic E-state index is 5.89. The molecule has 38 heavy (non-hydrogen) atoms. The summed E-state index contributed by atoms with van der Waals surface area (Å²) >= 11 is 0. The molecule has 5 rings (SSSR count). The number of nitrogens with one attached hydrogen (secondary N) is 3. The second-order valence-corrected chi connectivity index (χ2v) is 11.4. The standard InChI is InChI=1S/C30H47N7O/c1-36(2)18-9-21-38-24-15-13-23(14-16-24)22-32-28-27(12-8-17-31-28)34-30-33-26-11-7-10-25(26)29(35-30)37-19-5-3-4-6-20-37/h13-16,27-28,31-32H,3-12,17-22H2,1-2H3,(H,33,34,35). The Balaban J connectivity index is 1.19. The van der Waals surface area contributed by atoms with Crippen LogP contribution < -0.4 is 25.6 Å². The maximum atomic E-state index is 5.89. The SMILES string of the molecule is CN(C)CCCOc1ccc(CNC2NCCCC2Nc2nc3c(c(N4CCCCCC4)n2)CCC3)cc1. The van der Waals surface area contributed by atoms with Crippen molar-refractivity contribution in [1.82, 2.24) is 25.5 Å². The van der Waals surface area contributed by atoms with E-state index in [9.17, 15) is 0 Å². The van der Waals surface area contributed by atoms with Gasteiger partial charge < -0.3 is 25.2 Å². The molecule has 1 aromatic carbocycles. The minimum absolute atomic E-state index is 0.171. The zero-order chi connectivity index (χ0) is 26.2. The van der Waals surface area contributed by atoms with Crippen molar-refractivity contribution >= 4 is 11.8 Å². The molecule has 0 radical (unpaired) electrons. The third-order valence-corrected chi connectivity index (χ3v) is 8.06. The largest absolute Gasteiger partial charge is 0.494 e. The zero-order valence-corrected chi connectivity index (χ0v) is 23.5. The average molecular weight is 522 g/mol. The topological polar surface area (TPSA) is 77.6 Å². The van der Waals surface area contributed by atoms with Gasteiger partial charge in [0.2, 0.25) is 5.95 Å². The Labute approximate surface area is 228 Å². The first kappa shape index (κ1) is 27.2. The van der Waals surface area contributed by atoms with E-state index in [1.54, 1.807) is 0 Å². The van der Waals surface area contributed by atoms with Crippen molar-refractivity contribution in [3.05, 3.63) is 41.1 Å². The number of aryl methyl sites for hydroxylation is 1. The molecule has 3 heterocycles. The highest BCUT2D eigenvalue weighted by atomic mass is 16.5. The normalized spacial score (nSPS) is 21.8. The number of piperidine rings is 1. The summed E-state index contributed by atoms with van der Waals surface area (Å²) in [6, 6.07) is 8.74. The second kappa shape index (κ2) is 13.6. The van der Waals surface area contributed by atoms with E-state index in [-0.39, 0.29) is 12.2 Å². The lowest BCUT2D eigenvalue weighted by atomic mass is 10.0. The van der Waals surface area contributed by atoms with Crippen LogP contribution in [0.5, 0.6) is 5.75 Å². The Morgan fingerprint density at radius 2 is 1.82 bits per heavy atom. The van der Waals surface area contributed by atoms with E-state index < -0.39 is 0 Å². The van der Waals surface area contributed by atoms with Gasteiger partial charge in [0.1, 0.15) is 11.6 Å². The third kappa shape index (κ3) is 7.36. The molecule has 8 heteroatoms. The van der Waals surface area contributed by atoms with Crippen LogP contribution in [-0.2, 0) is 19.4 Å². The van der Waals surface area contributed by atoms with Crippen LogP contribution in [0.1, 0.15) is 68.2 Å². The van der Waals surface area contributed by atoms with Gasteiger partial charge in [-0.2, -0.15) is 4.98 Å². The van der Waals surface area contributed by atoms with Gasteiger partial charge in [0.25, 0.3) is 0 Å². The molecule has 8 nitrogen and oxygen atoms in total. The Morgan fingerprint density at radius 3 is 2.61 bits per heavy atom. The number of anilines is 2. The van der Waals surface area contributed by atoms with E-state index in [1.165, 1.54) is 54.7 Å². The van der Waals surface area contributed by atoms with E-state index in [0.717, 1.165) is 83.1 Å². The Morgan fingerprint density at radius 1 is 1.00 bits per heavy atom. The summed E-state index contributed by atoms with van der Waals surface area (Å²) in [5.41, 5.74) is 3.92. The number of hydrogen-bond acceptors (Lipinski definition) is 8. The lowest BCUT2D eigenvalue weighted by Crippen LogP contribution is -2.56. The molecule has 2 atom stereocenters. The van der Waals surface area contributed by atoms with Crippen LogP contribution in [0.3, 0.4) is 0 Å². The summed E-state index contributed by atoms with van der Waals surface area (Å²) in [6.07, 6.45) is 12.1. The first-order chi connectivity index (χ1) is 18.7. The number of benzene rings is 1. The third-order valence-electron chi connectivity index (χ3n) is 8.06. The van der Waals surface area contributed by atoms with Crippen LogP contribution in [0.25, 0.3) is 0 Å². The lowest BCUT2D eigenvalue weighted by molar-refractivity contribution is 0.281. The molecule has 1 aromatic heterocycles. The van der Waals surface area contributed by atoms with E-state index in [2.05, 4.69) is 64.1 Å². The molecule has 0 spiro atoms. The van der Waals surface area contributed by atoms with Gasteiger partial charge in [0.15, 0.2) is 0 Å². The van der Waals surface area contributed by atoms with Gasteiger partial charge in [-0.1, -0.05) is 25.0 Å². The highest BCUT2D eigenvalue weighted by Gasteiger charge is 2.28. The van der Waals surface area contributed by atoms with E-state index in [1.807, 2.05) is 0 Å². The zero-order valence-electron chi connectivity index (χ0n) is 23.5. The molecule has 0 amide bonds. The van der Waals surface area contributed by atoms with Crippen molar-refractivity contribution in [2.45, 2.75) is 83.0 Å². The van der Waals surface area contributed by atoms with E-state index in [0.29, 0.717) is 0 Å². The summed E-state index contributed by atoms with van der Waals surface area (Å²) in [6.45, 7) is 5.87. The molecule has 208 valence electrons. The predicted molar refractivity (Wildman–Crippen MR) is 155 cm³/mol. The molecule has 3 aliphatic rings. The fourth-order valence-electron chi connectivity index (χ4n) is 5.95. The molecule has 2 aliphatic heterocycles. The quantitative estimate of drug-likeness (QED) is 0.384. The maximum Gasteiger partial charge on any atom is 0.225 e. The van der Waals surface area contributed by atoms with Crippen molar-refractivity contribution in [2.24, 2.45) is 0 Å². The van der Waals surface area contributed by atoms with Crippen molar-refractivity contribution in [3.63, 3.8) is 0 Å². The Kier molecular flexibility index (Phi) is 9.71. The minimum Gasteiger partial charge on any atom is -0.494 e. The molecule has 2 aromatic rings. The molecule has 0 bridgehead atoms. The molecule has 2 fully saturated rings. The van der Waals surface area contributed by atoms with Crippen LogP contribution in [0.2, 0.25) is 0 Å². The molecule has 3 N–H and O–H groups in total. The van der Waals surface area contributed by atoms with Crippen LogP contribution in [0.15, 0.2) is 24.3 Å². The summed E-state index contributed by atoms with van der Waals surface area (Å²) in [5.74, 6) is 2.95. The average Bonchev–Trinajstić information content (AvgIpc) is 3.23. The van der Waals surface area contributed by atoms with Crippen LogP contribution >= 0.6 is 0 Å². The van der Waals surface area contributed by atoms with E-state index >= 15 is 0 Å². The predicted octanol–water partition coefficient (Wildman–Crippen LogP) is 3.96. The van der Waals surface area contributed by atoms with Gasteiger partial charge in [0.05, 0.1) is 24.5 Å². The van der Waals surface area contributed by atoms with Crippen LogP contribution in [-0.4, -0.2) is 74.0 Å². The second-order valence-electron chi connectivity index (χ2n) is 11.4. The number of aromatic nitrogens is 2. The lowest BCUT2D eigenvalue weighted by Gasteiger charge is -2.34. The smallest absolute Gasteiger partial charge is 0.225 e. The summed E-state index contributed by atoms with van der Waals surface area (Å²) < 4.78 is 5.89. The van der Waals surface area contributed by atoms with Crippen LogP contribution in [0, 0.1) is 0 Å². The number of ether oxygens (including phenoxy) is 1.